The smallest absolute Gasteiger partial charge is 0.137 e. The van der Waals surface area contributed by atoms with Gasteiger partial charge in [0.05, 0.1) is 11.7 Å². The summed E-state index contributed by atoms with van der Waals surface area (Å²) in [7, 11) is 0. The predicted octanol–water partition coefficient (Wildman–Crippen LogP) is 3.65. The zero-order valence-corrected chi connectivity index (χ0v) is 9.95. The summed E-state index contributed by atoms with van der Waals surface area (Å²) in [5.74, 6) is 0.873. The van der Waals surface area contributed by atoms with Crippen LogP contribution in [0.25, 0.3) is 0 Å². The van der Waals surface area contributed by atoms with Crippen LogP contribution in [0.3, 0.4) is 0 Å². The van der Waals surface area contributed by atoms with Crippen molar-refractivity contribution < 1.29 is 9.13 Å². The van der Waals surface area contributed by atoms with Gasteiger partial charge in [0.2, 0.25) is 0 Å². The molecule has 0 atom stereocenters. The van der Waals surface area contributed by atoms with Crippen LogP contribution in [-0.4, -0.2) is 6.10 Å². The van der Waals surface area contributed by atoms with Gasteiger partial charge in [0.15, 0.2) is 0 Å². The van der Waals surface area contributed by atoms with E-state index in [9.17, 15) is 4.39 Å². The Labute approximate surface area is 101 Å². The van der Waals surface area contributed by atoms with Gasteiger partial charge >= 0.3 is 0 Å². The van der Waals surface area contributed by atoms with E-state index in [1.165, 1.54) is 12.1 Å². The highest BCUT2D eigenvalue weighted by molar-refractivity contribution is 5.43. The normalized spacial score (nSPS) is 24.1. The maximum Gasteiger partial charge on any atom is 0.137 e. The van der Waals surface area contributed by atoms with Crippen molar-refractivity contribution in [1.29, 1.82) is 5.26 Å². The van der Waals surface area contributed by atoms with E-state index in [-0.39, 0.29) is 11.7 Å². The highest BCUT2D eigenvalue weighted by Crippen LogP contribution is 2.28. The lowest BCUT2D eigenvalue weighted by Gasteiger charge is -2.27. The molecular weight excluding hydrogens is 217 g/mol. The Morgan fingerprint density at radius 1 is 1.29 bits per heavy atom. The molecule has 0 aliphatic heterocycles. The first-order valence-corrected chi connectivity index (χ1v) is 6.05. The molecule has 90 valence electrons. The maximum absolute atomic E-state index is 13.0. The summed E-state index contributed by atoms with van der Waals surface area (Å²) >= 11 is 0. The molecule has 3 heteroatoms. The Hall–Kier alpha value is -1.56. The third-order valence-electron chi connectivity index (χ3n) is 3.32. The second-order valence-electron chi connectivity index (χ2n) is 4.75. The topological polar surface area (TPSA) is 33.0 Å². The lowest BCUT2D eigenvalue weighted by molar-refractivity contribution is 0.135. The van der Waals surface area contributed by atoms with Gasteiger partial charge in [-0.3, -0.25) is 0 Å². The molecule has 0 radical (unpaired) electrons. The molecule has 0 unspecified atom stereocenters. The number of nitriles is 1. The number of hydrogen-bond acceptors (Lipinski definition) is 2. The number of nitrogens with zero attached hydrogens (tertiary/aromatic N) is 1. The molecule has 0 amide bonds. The summed E-state index contributed by atoms with van der Waals surface area (Å²) in [6.07, 6.45) is 4.53. The van der Waals surface area contributed by atoms with Crippen LogP contribution >= 0.6 is 0 Å². The molecule has 1 aromatic rings. The van der Waals surface area contributed by atoms with Gasteiger partial charge in [-0.25, -0.2) is 4.39 Å². The quantitative estimate of drug-likeness (QED) is 0.781. The fourth-order valence-corrected chi connectivity index (χ4v) is 2.22. The van der Waals surface area contributed by atoms with Gasteiger partial charge in [-0.15, -0.1) is 0 Å². The largest absolute Gasteiger partial charge is 0.489 e. The van der Waals surface area contributed by atoms with Crippen LogP contribution in [0, 0.1) is 23.1 Å². The summed E-state index contributed by atoms with van der Waals surface area (Å²) in [5.41, 5.74) is 0.281. The molecule has 2 rings (SSSR count). The maximum atomic E-state index is 13.0. The third kappa shape index (κ3) is 2.97. The zero-order chi connectivity index (χ0) is 12.3. The van der Waals surface area contributed by atoms with Crippen LogP contribution in [0.1, 0.15) is 38.2 Å². The minimum atomic E-state index is -0.397. The van der Waals surface area contributed by atoms with Gasteiger partial charge in [0, 0.05) is 0 Å². The summed E-state index contributed by atoms with van der Waals surface area (Å²) in [6.45, 7) is 2.24. The van der Waals surface area contributed by atoms with E-state index in [0.717, 1.165) is 31.6 Å². The second kappa shape index (κ2) is 5.18. The van der Waals surface area contributed by atoms with E-state index in [1.807, 2.05) is 6.07 Å². The predicted molar refractivity (Wildman–Crippen MR) is 63.2 cm³/mol. The van der Waals surface area contributed by atoms with E-state index in [0.29, 0.717) is 5.75 Å². The van der Waals surface area contributed by atoms with Crippen LogP contribution in [0.2, 0.25) is 0 Å². The summed E-state index contributed by atoms with van der Waals surface area (Å²) < 4.78 is 18.7. The molecule has 0 saturated heterocycles. The SMILES string of the molecule is CC1CCC(Oc2ccc(F)cc2C#N)CC1. The zero-order valence-electron chi connectivity index (χ0n) is 9.95. The van der Waals surface area contributed by atoms with Crippen LogP contribution in [-0.2, 0) is 0 Å². The van der Waals surface area contributed by atoms with Crippen LogP contribution in [0.15, 0.2) is 18.2 Å². The Balaban J connectivity index is 2.06. The summed E-state index contributed by atoms with van der Waals surface area (Å²) in [6, 6.07) is 6.08. The first kappa shape index (κ1) is 11.9. The Morgan fingerprint density at radius 2 is 2.00 bits per heavy atom. The molecule has 1 fully saturated rings. The van der Waals surface area contributed by atoms with Crippen molar-refractivity contribution in [2.45, 2.75) is 38.7 Å². The molecular formula is C14H16FNO. The van der Waals surface area contributed by atoms with E-state index in [1.54, 1.807) is 6.07 Å². The van der Waals surface area contributed by atoms with Gasteiger partial charge in [0.25, 0.3) is 0 Å². The molecule has 2 nitrogen and oxygen atoms in total. The van der Waals surface area contributed by atoms with E-state index >= 15 is 0 Å². The minimum absolute atomic E-state index is 0.170. The number of halogens is 1. The Morgan fingerprint density at radius 3 is 2.65 bits per heavy atom. The standard InChI is InChI=1S/C14H16FNO/c1-10-2-5-13(6-3-10)17-14-7-4-12(15)8-11(14)9-16/h4,7-8,10,13H,2-3,5-6H2,1H3. The van der Waals surface area contributed by atoms with Crippen LogP contribution in [0.5, 0.6) is 5.75 Å². The summed E-state index contributed by atoms with van der Waals surface area (Å²) in [4.78, 5) is 0. The first-order valence-electron chi connectivity index (χ1n) is 6.05. The first-order chi connectivity index (χ1) is 8.19. The summed E-state index contributed by atoms with van der Waals surface area (Å²) in [5, 5.41) is 8.92. The molecule has 1 aliphatic rings. The van der Waals surface area contributed by atoms with Crippen molar-refractivity contribution in [2.75, 3.05) is 0 Å². The van der Waals surface area contributed by atoms with Gasteiger partial charge in [0.1, 0.15) is 17.6 Å². The average Bonchev–Trinajstić information content (AvgIpc) is 2.34. The van der Waals surface area contributed by atoms with Crippen molar-refractivity contribution in [1.82, 2.24) is 0 Å². The van der Waals surface area contributed by atoms with Gasteiger partial charge in [-0.05, 0) is 49.8 Å². The molecule has 1 saturated carbocycles. The molecule has 0 spiro atoms. The lowest BCUT2D eigenvalue weighted by atomic mass is 9.89. The third-order valence-corrected chi connectivity index (χ3v) is 3.32. The van der Waals surface area contributed by atoms with Crippen molar-refractivity contribution >= 4 is 0 Å². The average molecular weight is 233 g/mol. The van der Waals surface area contributed by atoms with Crippen molar-refractivity contribution in [3.63, 3.8) is 0 Å². The van der Waals surface area contributed by atoms with Crippen LogP contribution < -0.4 is 4.74 Å². The molecule has 1 aliphatic carbocycles. The van der Waals surface area contributed by atoms with Crippen molar-refractivity contribution in [3.05, 3.63) is 29.6 Å². The van der Waals surface area contributed by atoms with E-state index in [2.05, 4.69) is 6.92 Å². The minimum Gasteiger partial charge on any atom is -0.489 e. The number of benzene rings is 1. The molecule has 0 N–H and O–H groups in total. The highest BCUT2D eigenvalue weighted by Gasteiger charge is 2.20. The van der Waals surface area contributed by atoms with E-state index in [4.69, 9.17) is 10.00 Å². The van der Waals surface area contributed by atoms with Gasteiger partial charge < -0.3 is 4.74 Å². The van der Waals surface area contributed by atoms with Crippen molar-refractivity contribution in [3.8, 4) is 11.8 Å². The fourth-order valence-electron chi connectivity index (χ4n) is 2.22. The fraction of sp³-hybridized carbons (Fsp3) is 0.500. The van der Waals surface area contributed by atoms with Crippen LogP contribution in [0.4, 0.5) is 4.39 Å². The lowest BCUT2D eigenvalue weighted by Crippen LogP contribution is -2.23. The number of rotatable bonds is 2. The molecule has 0 bridgehead atoms. The second-order valence-corrected chi connectivity index (χ2v) is 4.75. The molecule has 0 aromatic heterocycles. The number of ether oxygens (including phenoxy) is 1. The Kier molecular flexibility index (Phi) is 3.63. The number of hydrogen-bond donors (Lipinski definition) is 0. The molecule has 17 heavy (non-hydrogen) atoms. The highest BCUT2D eigenvalue weighted by atomic mass is 19.1. The van der Waals surface area contributed by atoms with Gasteiger partial charge in [-0.2, -0.15) is 5.26 Å². The van der Waals surface area contributed by atoms with E-state index < -0.39 is 5.82 Å². The monoisotopic (exact) mass is 233 g/mol. The molecule has 1 aromatic carbocycles. The molecule has 0 heterocycles. The van der Waals surface area contributed by atoms with Gasteiger partial charge in [-0.1, -0.05) is 6.92 Å². The van der Waals surface area contributed by atoms with Crippen molar-refractivity contribution in [2.24, 2.45) is 5.92 Å². The Bertz CT molecular complexity index is 430.